The highest BCUT2D eigenvalue weighted by Gasteiger charge is 2.17. The highest BCUT2D eigenvalue weighted by atomic mass is 32.2. The van der Waals surface area contributed by atoms with Crippen LogP contribution in [0.5, 0.6) is 0 Å². The summed E-state index contributed by atoms with van der Waals surface area (Å²) in [5.41, 5.74) is 0.792. The van der Waals surface area contributed by atoms with Crippen molar-refractivity contribution in [2.24, 2.45) is 0 Å². The van der Waals surface area contributed by atoms with Gasteiger partial charge in [-0.05, 0) is 29.8 Å². The summed E-state index contributed by atoms with van der Waals surface area (Å²) in [6.07, 6.45) is 0. The Morgan fingerprint density at radius 3 is 2.85 bits per heavy atom. The molecule has 0 fully saturated rings. The lowest BCUT2D eigenvalue weighted by Gasteiger charge is -2.11. The molecule has 2 N–H and O–H groups in total. The highest BCUT2D eigenvalue weighted by Crippen LogP contribution is 2.29. The lowest BCUT2D eigenvalue weighted by Crippen LogP contribution is -2.22. The monoisotopic (exact) mass is 388 g/mol. The predicted molar refractivity (Wildman–Crippen MR) is 108 cm³/mol. The van der Waals surface area contributed by atoms with Crippen LogP contribution in [-0.2, 0) is 9.53 Å². The average Bonchev–Trinajstić information content (AvgIpc) is 3.09. The zero-order chi connectivity index (χ0) is 18.4. The Bertz CT molecular complexity index is 884. The molecule has 26 heavy (non-hydrogen) atoms. The van der Waals surface area contributed by atoms with Crippen LogP contribution in [0, 0.1) is 0 Å². The molecule has 0 saturated carbocycles. The first kappa shape index (κ1) is 18.6. The average molecular weight is 389 g/mol. The number of anilines is 2. The van der Waals surface area contributed by atoms with E-state index in [1.807, 2.05) is 49.4 Å². The summed E-state index contributed by atoms with van der Waals surface area (Å²) in [5.74, 6) is -0.0608. The fourth-order valence-corrected chi connectivity index (χ4v) is 4.23. The first-order chi connectivity index (χ1) is 12.7. The Kier molecular flexibility index (Phi) is 6.43. The van der Waals surface area contributed by atoms with E-state index in [4.69, 9.17) is 4.74 Å². The van der Waals surface area contributed by atoms with Crippen molar-refractivity contribution in [1.29, 1.82) is 0 Å². The summed E-state index contributed by atoms with van der Waals surface area (Å²) in [6, 6.07) is 14.0. The molecule has 6 nitrogen and oxygen atoms in total. The largest absolute Gasteiger partial charge is 0.383 e. The smallest absolute Gasteiger partial charge is 0.237 e. The van der Waals surface area contributed by atoms with Crippen molar-refractivity contribution in [3.05, 3.63) is 42.5 Å². The SMILES string of the molecule is COCCNc1nnc(S[C@H](C)C(=O)Nc2ccc3ccccc3c2)s1. The molecule has 8 heteroatoms. The van der Waals surface area contributed by atoms with Crippen molar-refractivity contribution < 1.29 is 9.53 Å². The molecule has 3 rings (SSSR count). The minimum absolute atomic E-state index is 0.0608. The number of ether oxygens (including phenoxy) is 1. The molecular weight excluding hydrogens is 368 g/mol. The van der Waals surface area contributed by atoms with E-state index in [-0.39, 0.29) is 11.2 Å². The summed E-state index contributed by atoms with van der Waals surface area (Å²) >= 11 is 2.83. The number of hydrogen-bond acceptors (Lipinski definition) is 7. The summed E-state index contributed by atoms with van der Waals surface area (Å²) in [5, 5.41) is 17.0. The molecule has 0 spiro atoms. The number of carbonyl (C=O) groups excluding carboxylic acids is 1. The van der Waals surface area contributed by atoms with Gasteiger partial charge in [0, 0.05) is 19.3 Å². The van der Waals surface area contributed by atoms with Gasteiger partial charge < -0.3 is 15.4 Å². The molecule has 1 heterocycles. The Labute approximate surface area is 160 Å². The van der Waals surface area contributed by atoms with Gasteiger partial charge in [0.15, 0.2) is 4.34 Å². The van der Waals surface area contributed by atoms with Crippen LogP contribution >= 0.6 is 23.1 Å². The van der Waals surface area contributed by atoms with Crippen molar-refractivity contribution in [2.45, 2.75) is 16.5 Å². The molecular formula is C18H20N4O2S2. The molecule has 3 aromatic rings. The van der Waals surface area contributed by atoms with E-state index in [0.717, 1.165) is 25.9 Å². The van der Waals surface area contributed by atoms with Gasteiger partial charge in [-0.25, -0.2) is 0 Å². The van der Waals surface area contributed by atoms with Gasteiger partial charge in [-0.3, -0.25) is 4.79 Å². The van der Waals surface area contributed by atoms with E-state index in [9.17, 15) is 4.79 Å². The number of hydrogen-bond donors (Lipinski definition) is 2. The van der Waals surface area contributed by atoms with E-state index in [0.29, 0.717) is 13.2 Å². The van der Waals surface area contributed by atoms with E-state index < -0.39 is 0 Å². The summed E-state index contributed by atoms with van der Waals surface area (Å²) in [7, 11) is 1.65. The molecule has 1 aromatic heterocycles. The maximum Gasteiger partial charge on any atom is 0.237 e. The topological polar surface area (TPSA) is 76.1 Å². The first-order valence-corrected chi connectivity index (χ1v) is 9.88. The quantitative estimate of drug-likeness (QED) is 0.451. The number of carbonyl (C=O) groups is 1. The second kappa shape index (κ2) is 8.98. The second-order valence-electron chi connectivity index (χ2n) is 5.60. The molecule has 0 unspecified atom stereocenters. The van der Waals surface area contributed by atoms with E-state index in [2.05, 4.69) is 20.8 Å². The van der Waals surface area contributed by atoms with Gasteiger partial charge in [0.05, 0.1) is 11.9 Å². The second-order valence-corrected chi connectivity index (χ2v) is 8.17. The Morgan fingerprint density at radius 2 is 2.04 bits per heavy atom. The molecule has 1 atom stereocenters. The van der Waals surface area contributed by atoms with Gasteiger partial charge in [-0.2, -0.15) is 0 Å². The summed E-state index contributed by atoms with van der Waals surface area (Å²) in [6.45, 7) is 3.14. The molecule has 136 valence electrons. The van der Waals surface area contributed by atoms with Crippen LogP contribution in [0.4, 0.5) is 10.8 Å². The first-order valence-electron chi connectivity index (χ1n) is 8.18. The van der Waals surface area contributed by atoms with Crippen LogP contribution in [0.3, 0.4) is 0 Å². The van der Waals surface area contributed by atoms with Crippen LogP contribution in [-0.4, -0.2) is 41.6 Å². The maximum absolute atomic E-state index is 12.5. The molecule has 2 aromatic carbocycles. The molecule has 0 radical (unpaired) electrons. The number of thioether (sulfide) groups is 1. The van der Waals surface area contributed by atoms with Crippen molar-refractivity contribution in [3.8, 4) is 0 Å². The Morgan fingerprint density at radius 1 is 1.23 bits per heavy atom. The number of nitrogens with zero attached hydrogens (tertiary/aromatic N) is 2. The number of rotatable bonds is 8. The number of amides is 1. The van der Waals surface area contributed by atoms with E-state index >= 15 is 0 Å². The van der Waals surface area contributed by atoms with Crippen molar-refractivity contribution in [3.63, 3.8) is 0 Å². The third kappa shape index (κ3) is 4.94. The minimum Gasteiger partial charge on any atom is -0.383 e. The Hall–Kier alpha value is -2.16. The number of benzene rings is 2. The van der Waals surface area contributed by atoms with Crippen molar-refractivity contribution in [2.75, 3.05) is 30.9 Å². The van der Waals surface area contributed by atoms with Gasteiger partial charge in [0.25, 0.3) is 0 Å². The number of nitrogens with one attached hydrogen (secondary N) is 2. The summed E-state index contributed by atoms with van der Waals surface area (Å²) in [4.78, 5) is 12.5. The molecule has 0 saturated heterocycles. The fraction of sp³-hybridized carbons (Fsp3) is 0.278. The molecule has 0 bridgehead atoms. The molecule has 1 amide bonds. The zero-order valence-electron chi connectivity index (χ0n) is 14.6. The third-order valence-corrected chi connectivity index (χ3v) is 5.72. The number of methoxy groups -OCH3 is 1. The zero-order valence-corrected chi connectivity index (χ0v) is 16.2. The van der Waals surface area contributed by atoms with Gasteiger partial charge in [0.2, 0.25) is 11.0 Å². The number of fused-ring (bicyclic) bond motifs is 1. The molecule has 0 aliphatic heterocycles. The van der Waals surface area contributed by atoms with Crippen molar-refractivity contribution in [1.82, 2.24) is 10.2 Å². The van der Waals surface area contributed by atoms with Crippen LogP contribution < -0.4 is 10.6 Å². The Balaban J connectivity index is 1.57. The standard InChI is InChI=1S/C18H20N4O2S2/c1-12(25-18-22-21-17(26-18)19-9-10-24-2)16(23)20-15-8-7-13-5-3-4-6-14(13)11-15/h3-8,11-12H,9-10H2,1-2H3,(H,19,21)(H,20,23)/t12-/m1/s1. The maximum atomic E-state index is 12.5. The fourth-order valence-electron chi connectivity index (χ4n) is 2.30. The van der Waals surface area contributed by atoms with Crippen LogP contribution in [0.2, 0.25) is 0 Å². The minimum atomic E-state index is -0.277. The van der Waals surface area contributed by atoms with Gasteiger partial charge >= 0.3 is 0 Å². The normalized spacial score (nSPS) is 12.1. The third-order valence-electron chi connectivity index (χ3n) is 3.65. The molecule has 0 aliphatic carbocycles. The van der Waals surface area contributed by atoms with Crippen molar-refractivity contribution >= 4 is 50.6 Å². The van der Waals surface area contributed by atoms with Gasteiger partial charge in [-0.1, -0.05) is 53.4 Å². The lowest BCUT2D eigenvalue weighted by molar-refractivity contribution is -0.115. The molecule has 0 aliphatic rings. The summed E-state index contributed by atoms with van der Waals surface area (Å²) < 4.78 is 5.74. The van der Waals surface area contributed by atoms with Gasteiger partial charge in [-0.15, -0.1) is 10.2 Å². The van der Waals surface area contributed by atoms with Gasteiger partial charge in [0.1, 0.15) is 0 Å². The number of aromatic nitrogens is 2. The van der Waals surface area contributed by atoms with Crippen LogP contribution in [0.25, 0.3) is 10.8 Å². The lowest BCUT2D eigenvalue weighted by atomic mass is 10.1. The van der Waals surface area contributed by atoms with E-state index in [1.165, 1.54) is 23.1 Å². The predicted octanol–water partition coefficient (Wildman–Crippen LogP) is 3.87. The van der Waals surface area contributed by atoms with E-state index in [1.54, 1.807) is 7.11 Å². The highest BCUT2D eigenvalue weighted by molar-refractivity contribution is 8.02. The van der Waals surface area contributed by atoms with Crippen LogP contribution in [0.15, 0.2) is 46.8 Å². The van der Waals surface area contributed by atoms with Crippen LogP contribution in [0.1, 0.15) is 6.92 Å².